The van der Waals surface area contributed by atoms with E-state index in [0.29, 0.717) is 43.2 Å². The third kappa shape index (κ3) is 2.74. The first-order chi connectivity index (χ1) is 11.2. The highest BCUT2D eigenvalue weighted by Crippen LogP contribution is 2.50. The van der Waals surface area contributed by atoms with Crippen molar-refractivity contribution in [3.8, 4) is 0 Å². The number of hydrogen-bond donors (Lipinski definition) is 4. The van der Waals surface area contributed by atoms with Gasteiger partial charge in [-0.25, -0.2) is 4.39 Å². The first-order valence-corrected chi connectivity index (χ1v) is 8.40. The molecular weight excluding hydrogens is 312 g/mol. The summed E-state index contributed by atoms with van der Waals surface area (Å²) in [6.07, 6.45) is 3.16. The van der Waals surface area contributed by atoms with Gasteiger partial charge in [0.15, 0.2) is 0 Å². The quantitative estimate of drug-likeness (QED) is 0.591. The number of nitrogens with two attached hydrogens (primary N) is 1. The molecule has 5 N–H and O–H groups in total. The Labute approximate surface area is 140 Å². The average Bonchev–Trinajstić information content (AvgIpc) is 3.16. The van der Waals surface area contributed by atoms with Crippen molar-refractivity contribution in [3.63, 3.8) is 0 Å². The van der Waals surface area contributed by atoms with E-state index in [1.54, 1.807) is 13.0 Å². The number of carboxylic acid groups (broad SMARTS) is 1. The van der Waals surface area contributed by atoms with Crippen LogP contribution in [0.4, 0.5) is 4.39 Å². The maximum absolute atomic E-state index is 14.4. The topological polar surface area (TPSA) is 104 Å². The van der Waals surface area contributed by atoms with E-state index in [9.17, 15) is 14.3 Å². The standard InChI is InChI=1S/C17H23BFNO4/c1-16(15(21)22)11(3-2-6-18(23)24)7-10-8-14(19)13(9-12(10)16)17(20)4-5-17/h8-9,11,23-24H,2-7,20H2,1H3,(H,21,22)/t11-,16-/m0/s1. The molecular formula is C17H23BFNO4. The predicted molar refractivity (Wildman–Crippen MR) is 87.9 cm³/mol. The lowest BCUT2D eigenvalue weighted by Gasteiger charge is -2.29. The summed E-state index contributed by atoms with van der Waals surface area (Å²) in [6, 6.07) is 3.10. The number of carbonyl (C=O) groups is 1. The molecule has 2 aliphatic carbocycles. The predicted octanol–water partition coefficient (Wildman–Crippen LogP) is 1.54. The average molecular weight is 335 g/mol. The zero-order valence-electron chi connectivity index (χ0n) is 13.8. The van der Waals surface area contributed by atoms with Gasteiger partial charge in [-0.1, -0.05) is 6.42 Å². The molecule has 2 atom stereocenters. The SMILES string of the molecule is C[C@@]1(C(=O)O)c2cc(C3(N)CC3)c(F)cc2C[C@@H]1CCCB(O)O. The highest BCUT2D eigenvalue weighted by atomic mass is 19.1. The molecule has 2 aliphatic rings. The monoisotopic (exact) mass is 335 g/mol. The lowest BCUT2D eigenvalue weighted by molar-refractivity contribution is -0.145. The Bertz CT molecular complexity index is 677. The Morgan fingerprint density at radius 1 is 1.38 bits per heavy atom. The van der Waals surface area contributed by atoms with Gasteiger partial charge in [0.25, 0.3) is 0 Å². The molecule has 130 valence electrons. The number of hydrogen-bond acceptors (Lipinski definition) is 4. The summed E-state index contributed by atoms with van der Waals surface area (Å²) in [6.45, 7) is 1.68. The normalized spacial score (nSPS) is 27.0. The number of rotatable bonds is 6. The lowest BCUT2D eigenvalue weighted by atomic mass is 9.72. The van der Waals surface area contributed by atoms with Crippen LogP contribution in [-0.4, -0.2) is 28.2 Å². The molecule has 3 rings (SSSR count). The van der Waals surface area contributed by atoms with E-state index in [1.807, 2.05) is 0 Å². The van der Waals surface area contributed by atoms with E-state index in [-0.39, 0.29) is 18.1 Å². The van der Waals surface area contributed by atoms with Crippen molar-refractivity contribution in [3.05, 3.63) is 34.6 Å². The Balaban J connectivity index is 1.95. The smallest absolute Gasteiger partial charge is 0.451 e. The number of carboxylic acids is 1. The Kier molecular flexibility index (Phi) is 4.22. The van der Waals surface area contributed by atoms with Crippen LogP contribution in [0.2, 0.25) is 6.32 Å². The fraction of sp³-hybridized carbons (Fsp3) is 0.588. The summed E-state index contributed by atoms with van der Waals surface area (Å²) >= 11 is 0. The summed E-state index contributed by atoms with van der Waals surface area (Å²) in [5, 5.41) is 27.8. The minimum atomic E-state index is -1.39. The van der Waals surface area contributed by atoms with Gasteiger partial charge in [0.2, 0.25) is 0 Å². The zero-order valence-corrected chi connectivity index (χ0v) is 13.8. The minimum Gasteiger partial charge on any atom is -0.481 e. The molecule has 1 saturated carbocycles. The van der Waals surface area contributed by atoms with Gasteiger partial charge in [-0.2, -0.15) is 0 Å². The van der Waals surface area contributed by atoms with E-state index in [4.69, 9.17) is 15.8 Å². The summed E-state index contributed by atoms with van der Waals surface area (Å²) < 4.78 is 14.4. The van der Waals surface area contributed by atoms with Crippen LogP contribution < -0.4 is 5.73 Å². The van der Waals surface area contributed by atoms with Crippen LogP contribution in [0.3, 0.4) is 0 Å². The number of halogens is 1. The molecule has 1 aromatic rings. The van der Waals surface area contributed by atoms with Gasteiger partial charge in [0.05, 0.1) is 5.41 Å². The van der Waals surface area contributed by atoms with Crippen LogP contribution in [0.1, 0.15) is 49.3 Å². The zero-order chi connectivity index (χ0) is 17.7. The van der Waals surface area contributed by atoms with Gasteiger partial charge in [-0.15, -0.1) is 0 Å². The van der Waals surface area contributed by atoms with Crippen molar-refractivity contribution in [2.45, 2.75) is 56.3 Å². The summed E-state index contributed by atoms with van der Waals surface area (Å²) in [4.78, 5) is 12.0. The molecule has 0 bridgehead atoms. The second-order valence-corrected chi connectivity index (χ2v) is 7.47. The van der Waals surface area contributed by atoms with Crippen molar-refractivity contribution >= 4 is 13.1 Å². The Hall–Kier alpha value is -1.44. The van der Waals surface area contributed by atoms with Gasteiger partial charge >= 0.3 is 13.1 Å². The maximum Gasteiger partial charge on any atom is 0.451 e. The lowest BCUT2D eigenvalue weighted by Crippen LogP contribution is -2.37. The van der Waals surface area contributed by atoms with Crippen molar-refractivity contribution in [2.24, 2.45) is 11.7 Å². The van der Waals surface area contributed by atoms with E-state index in [2.05, 4.69) is 0 Å². The van der Waals surface area contributed by atoms with Crippen LogP contribution in [0.15, 0.2) is 12.1 Å². The third-order valence-electron chi connectivity index (χ3n) is 5.82. The summed E-state index contributed by atoms with van der Waals surface area (Å²) in [5.74, 6) is -1.49. The van der Waals surface area contributed by atoms with Crippen LogP contribution in [-0.2, 0) is 22.2 Å². The Morgan fingerprint density at radius 3 is 2.58 bits per heavy atom. The molecule has 1 fully saturated rings. The summed E-state index contributed by atoms with van der Waals surface area (Å²) in [5.41, 5.74) is 6.16. The molecule has 0 aliphatic heterocycles. The van der Waals surface area contributed by atoms with Gasteiger partial charge in [0.1, 0.15) is 5.82 Å². The first kappa shape index (κ1) is 17.4. The van der Waals surface area contributed by atoms with Gasteiger partial charge in [-0.3, -0.25) is 4.79 Å². The largest absolute Gasteiger partial charge is 0.481 e. The highest BCUT2D eigenvalue weighted by molar-refractivity contribution is 6.40. The fourth-order valence-electron chi connectivity index (χ4n) is 3.97. The molecule has 24 heavy (non-hydrogen) atoms. The molecule has 0 aromatic heterocycles. The van der Waals surface area contributed by atoms with Crippen LogP contribution >= 0.6 is 0 Å². The number of fused-ring (bicyclic) bond motifs is 1. The molecule has 1 aromatic carbocycles. The van der Waals surface area contributed by atoms with Gasteiger partial charge in [-0.05, 0) is 68.1 Å². The molecule has 0 heterocycles. The van der Waals surface area contributed by atoms with E-state index in [1.165, 1.54) is 6.07 Å². The second-order valence-electron chi connectivity index (χ2n) is 7.47. The van der Waals surface area contributed by atoms with Crippen LogP contribution in [0, 0.1) is 11.7 Å². The highest BCUT2D eigenvalue weighted by Gasteiger charge is 2.51. The molecule has 0 unspecified atom stereocenters. The van der Waals surface area contributed by atoms with Crippen molar-refractivity contribution in [1.82, 2.24) is 0 Å². The maximum atomic E-state index is 14.4. The van der Waals surface area contributed by atoms with Crippen molar-refractivity contribution in [2.75, 3.05) is 0 Å². The molecule has 0 spiro atoms. The molecule has 5 nitrogen and oxygen atoms in total. The number of aliphatic carboxylic acids is 1. The fourth-order valence-corrected chi connectivity index (χ4v) is 3.97. The van der Waals surface area contributed by atoms with Gasteiger partial charge < -0.3 is 20.9 Å². The Morgan fingerprint density at radius 2 is 2.04 bits per heavy atom. The third-order valence-corrected chi connectivity index (χ3v) is 5.82. The van der Waals surface area contributed by atoms with Crippen LogP contribution in [0.5, 0.6) is 0 Å². The van der Waals surface area contributed by atoms with Crippen molar-refractivity contribution in [1.29, 1.82) is 0 Å². The molecule has 0 radical (unpaired) electrons. The van der Waals surface area contributed by atoms with E-state index in [0.717, 1.165) is 5.56 Å². The van der Waals surface area contributed by atoms with Crippen molar-refractivity contribution < 1.29 is 24.3 Å². The van der Waals surface area contributed by atoms with Crippen LogP contribution in [0.25, 0.3) is 0 Å². The molecule has 0 amide bonds. The van der Waals surface area contributed by atoms with E-state index < -0.39 is 24.0 Å². The second kappa shape index (κ2) is 5.83. The van der Waals surface area contributed by atoms with Gasteiger partial charge in [0, 0.05) is 11.1 Å². The first-order valence-electron chi connectivity index (χ1n) is 8.40. The molecule has 7 heteroatoms. The summed E-state index contributed by atoms with van der Waals surface area (Å²) in [7, 11) is -1.39. The number of benzene rings is 1. The van der Waals surface area contributed by atoms with E-state index >= 15 is 0 Å². The minimum absolute atomic E-state index is 0.202. The molecule has 0 saturated heterocycles.